The Kier molecular flexibility index (Phi) is 7.10. The number of carbonyl (C=O) groups is 1. The van der Waals surface area contributed by atoms with Crippen molar-refractivity contribution in [3.05, 3.63) is 70.2 Å². The monoisotopic (exact) mass is 490 g/mol. The number of sulfonamides is 1. The average molecular weight is 491 g/mol. The predicted molar refractivity (Wildman–Crippen MR) is 128 cm³/mol. The second-order valence-electron chi connectivity index (χ2n) is 7.57. The van der Waals surface area contributed by atoms with E-state index in [0.29, 0.717) is 21.4 Å². The fourth-order valence-corrected chi connectivity index (χ4v) is 5.35. The standard InChI is InChI=1S/C22H23ClN4O3S2/c23-17-6-8-18(9-7-17)26-32(29,30)20-10-4-16(5-11-20)21(28)25-22-24-19(15-31-22)14-27-12-2-1-3-13-27/h4-11,15,26H,1-3,12-14H2,(H,24,25,28). The van der Waals surface area contributed by atoms with Gasteiger partial charge in [0.15, 0.2) is 5.13 Å². The molecule has 0 atom stereocenters. The van der Waals surface area contributed by atoms with Crippen LogP contribution >= 0.6 is 22.9 Å². The van der Waals surface area contributed by atoms with E-state index in [-0.39, 0.29) is 10.8 Å². The van der Waals surface area contributed by atoms with E-state index in [2.05, 4.69) is 19.9 Å². The Morgan fingerprint density at radius 1 is 1.03 bits per heavy atom. The van der Waals surface area contributed by atoms with Crippen LogP contribution in [0.2, 0.25) is 5.02 Å². The van der Waals surface area contributed by atoms with Gasteiger partial charge < -0.3 is 0 Å². The summed E-state index contributed by atoms with van der Waals surface area (Å²) < 4.78 is 27.6. The zero-order valence-electron chi connectivity index (χ0n) is 17.3. The van der Waals surface area contributed by atoms with E-state index in [0.717, 1.165) is 25.3 Å². The first-order valence-electron chi connectivity index (χ1n) is 10.3. The molecular formula is C22H23ClN4O3S2. The quantitative estimate of drug-likeness (QED) is 0.494. The lowest BCUT2D eigenvalue weighted by Gasteiger charge is -2.25. The molecule has 1 amide bonds. The molecule has 1 aliphatic rings. The van der Waals surface area contributed by atoms with Crippen molar-refractivity contribution in [3.8, 4) is 0 Å². The van der Waals surface area contributed by atoms with Gasteiger partial charge in [0.1, 0.15) is 0 Å². The number of rotatable bonds is 7. The number of benzene rings is 2. The SMILES string of the molecule is O=C(Nc1nc(CN2CCCCC2)cs1)c1ccc(S(=O)(=O)Nc2ccc(Cl)cc2)cc1. The molecule has 10 heteroatoms. The Labute approximate surface area is 196 Å². The van der Waals surface area contributed by atoms with Crippen LogP contribution in [-0.2, 0) is 16.6 Å². The van der Waals surface area contributed by atoms with Crippen molar-refractivity contribution in [2.45, 2.75) is 30.7 Å². The molecule has 32 heavy (non-hydrogen) atoms. The number of nitrogens with one attached hydrogen (secondary N) is 2. The van der Waals surface area contributed by atoms with Crippen molar-refractivity contribution in [1.29, 1.82) is 0 Å². The number of halogens is 1. The molecule has 0 radical (unpaired) electrons. The number of carbonyl (C=O) groups excluding carboxylic acids is 1. The fourth-order valence-electron chi connectivity index (χ4n) is 3.47. The lowest BCUT2D eigenvalue weighted by molar-refractivity contribution is 0.102. The van der Waals surface area contributed by atoms with Gasteiger partial charge in [-0.25, -0.2) is 13.4 Å². The maximum Gasteiger partial charge on any atom is 0.261 e. The number of anilines is 2. The molecule has 1 fully saturated rings. The summed E-state index contributed by atoms with van der Waals surface area (Å²) in [5, 5.41) is 5.80. The van der Waals surface area contributed by atoms with E-state index in [1.165, 1.54) is 54.9 Å². The van der Waals surface area contributed by atoms with Crippen LogP contribution in [0.5, 0.6) is 0 Å². The maximum atomic E-state index is 12.6. The summed E-state index contributed by atoms with van der Waals surface area (Å²) in [6.45, 7) is 2.96. The highest BCUT2D eigenvalue weighted by molar-refractivity contribution is 7.92. The van der Waals surface area contributed by atoms with Gasteiger partial charge >= 0.3 is 0 Å². The topological polar surface area (TPSA) is 91.4 Å². The number of piperidine rings is 1. The van der Waals surface area contributed by atoms with Crippen LogP contribution in [0, 0.1) is 0 Å². The summed E-state index contributed by atoms with van der Waals surface area (Å²) in [6.07, 6.45) is 3.72. The number of nitrogens with zero attached hydrogens (tertiary/aromatic N) is 2. The molecular weight excluding hydrogens is 468 g/mol. The molecule has 1 aliphatic heterocycles. The summed E-state index contributed by atoms with van der Waals surface area (Å²) in [4.78, 5) is 19.5. The first-order valence-corrected chi connectivity index (χ1v) is 13.0. The highest BCUT2D eigenvalue weighted by atomic mass is 35.5. The number of thiazole rings is 1. The van der Waals surface area contributed by atoms with E-state index in [4.69, 9.17) is 11.6 Å². The third-order valence-corrected chi connectivity index (χ3v) is 7.59. The summed E-state index contributed by atoms with van der Waals surface area (Å²) in [6, 6.07) is 12.1. The molecule has 1 aromatic heterocycles. The molecule has 0 spiro atoms. The Hall–Kier alpha value is -2.46. The number of amides is 1. The maximum absolute atomic E-state index is 12.6. The lowest BCUT2D eigenvalue weighted by atomic mass is 10.1. The van der Waals surface area contributed by atoms with E-state index >= 15 is 0 Å². The Balaban J connectivity index is 1.37. The van der Waals surface area contributed by atoms with Gasteiger partial charge in [0.25, 0.3) is 15.9 Å². The smallest absolute Gasteiger partial charge is 0.261 e. The second-order valence-corrected chi connectivity index (χ2v) is 10.5. The van der Waals surface area contributed by atoms with Gasteiger partial charge in [-0.3, -0.25) is 19.7 Å². The van der Waals surface area contributed by atoms with Crippen LogP contribution in [0.25, 0.3) is 0 Å². The van der Waals surface area contributed by atoms with Gasteiger partial charge in [-0.15, -0.1) is 11.3 Å². The molecule has 0 bridgehead atoms. The van der Waals surface area contributed by atoms with Crippen molar-refractivity contribution in [2.75, 3.05) is 23.1 Å². The predicted octanol–water partition coefficient (Wildman–Crippen LogP) is 4.84. The summed E-state index contributed by atoms with van der Waals surface area (Å²) in [5.41, 5.74) is 1.70. The molecule has 0 saturated carbocycles. The van der Waals surface area contributed by atoms with Crippen molar-refractivity contribution in [1.82, 2.24) is 9.88 Å². The molecule has 0 aliphatic carbocycles. The van der Waals surface area contributed by atoms with Gasteiger partial charge in [-0.1, -0.05) is 18.0 Å². The summed E-state index contributed by atoms with van der Waals surface area (Å²) in [5.74, 6) is -0.335. The minimum atomic E-state index is -3.78. The highest BCUT2D eigenvalue weighted by Gasteiger charge is 2.17. The molecule has 2 aromatic carbocycles. The Morgan fingerprint density at radius 2 is 1.72 bits per heavy atom. The minimum Gasteiger partial charge on any atom is -0.298 e. The molecule has 7 nitrogen and oxygen atoms in total. The van der Waals surface area contributed by atoms with E-state index in [9.17, 15) is 13.2 Å². The molecule has 2 heterocycles. The van der Waals surface area contributed by atoms with Gasteiger partial charge in [0, 0.05) is 28.2 Å². The Morgan fingerprint density at radius 3 is 2.41 bits per heavy atom. The van der Waals surface area contributed by atoms with Crippen LogP contribution < -0.4 is 10.0 Å². The average Bonchev–Trinajstić information content (AvgIpc) is 3.22. The molecule has 3 aromatic rings. The molecule has 168 valence electrons. The number of aromatic nitrogens is 1. The number of likely N-dealkylation sites (tertiary alicyclic amines) is 1. The van der Waals surface area contributed by atoms with Crippen molar-refractivity contribution < 1.29 is 13.2 Å². The van der Waals surface area contributed by atoms with Crippen molar-refractivity contribution in [3.63, 3.8) is 0 Å². The van der Waals surface area contributed by atoms with Crippen LogP contribution in [-0.4, -0.2) is 37.3 Å². The fraction of sp³-hybridized carbons (Fsp3) is 0.273. The van der Waals surface area contributed by atoms with Gasteiger partial charge in [-0.2, -0.15) is 0 Å². The van der Waals surface area contributed by atoms with Crippen molar-refractivity contribution in [2.24, 2.45) is 0 Å². The minimum absolute atomic E-state index is 0.0575. The van der Waals surface area contributed by atoms with Crippen LogP contribution in [0.4, 0.5) is 10.8 Å². The van der Waals surface area contributed by atoms with E-state index < -0.39 is 10.0 Å². The first kappa shape index (κ1) is 22.7. The zero-order chi connectivity index (χ0) is 22.6. The van der Waals surface area contributed by atoms with Gasteiger partial charge in [0.05, 0.1) is 10.6 Å². The van der Waals surface area contributed by atoms with E-state index in [1.807, 2.05) is 5.38 Å². The molecule has 2 N–H and O–H groups in total. The first-order chi connectivity index (χ1) is 15.4. The summed E-state index contributed by atoms with van der Waals surface area (Å²) >= 11 is 7.21. The molecule has 0 unspecified atom stereocenters. The van der Waals surface area contributed by atoms with Gasteiger partial charge in [-0.05, 0) is 74.5 Å². The van der Waals surface area contributed by atoms with Crippen LogP contribution in [0.1, 0.15) is 35.3 Å². The molecule has 4 rings (SSSR count). The normalized spacial score (nSPS) is 14.8. The van der Waals surface area contributed by atoms with Gasteiger partial charge in [0.2, 0.25) is 0 Å². The lowest BCUT2D eigenvalue weighted by Crippen LogP contribution is -2.29. The van der Waals surface area contributed by atoms with Crippen molar-refractivity contribution >= 4 is 49.7 Å². The van der Waals surface area contributed by atoms with Crippen LogP contribution in [0.3, 0.4) is 0 Å². The number of hydrogen-bond acceptors (Lipinski definition) is 6. The third kappa shape index (κ3) is 5.86. The van der Waals surface area contributed by atoms with E-state index in [1.54, 1.807) is 24.3 Å². The molecule has 1 saturated heterocycles. The largest absolute Gasteiger partial charge is 0.298 e. The summed E-state index contributed by atoms with van der Waals surface area (Å²) in [7, 11) is -3.78. The zero-order valence-corrected chi connectivity index (χ0v) is 19.6. The highest BCUT2D eigenvalue weighted by Crippen LogP contribution is 2.21. The third-order valence-electron chi connectivity index (χ3n) is 5.13. The Bertz CT molecular complexity index is 1170. The second kappa shape index (κ2) is 9.99. The van der Waals surface area contributed by atoms with Crippen LogP contribution in [0.15, 0.2) is 58.8 Å². The number of hydrogen-bond donors (Lipinski definition) is 2.